The monoisotopic (exact) mass is 391 g/mol. The van der Waals surface area contributed by atoms with Crippen LogP contribution >= 0.6 is 11.3 Å². The van der Waals surface area contributed by atoms with E-state index in [9.17, 15) is 9.90 Å². The van der Waals surface area contributed by atoms with E-state index in [1.54, 1.807) is 6.92 Å². The van der Waals surface area contributed by atoms with Crippen LogP contribution in [0.5, 0.6) is 0 Å². The van der Waals surface area contributed by atoms with Crippen LogP contribution in [0, 0.1) is 0 Å². The Balaban J connectivity index is 1.59. The second-order valence-corrected chi connectivity index (χ2v) is 8.02. The molecule has 3 heterocycles. The van der Waals surface area contributed by atoms with E-state index in [-0.39, 0.29) is 18.4 Å². The third-order valence-electron chi connectivity index (χ3n) is 4.85. The molecular formula is C18H25N5O3S. The number of carbonyl (C=O) groups excluding carboxylic acids is 1. The van der Waals surface area contributed by atoms with Crippen molar-refractivity contribution in [3.05, 3.63) is 29.3 Å². The minimum Gasteiger partial charge on any atom is -0.392 e. The molecule has 0 saturated carbocycles. The van der Waals surface area contributed by atoms with Crippen LogP contribution in [0.4, 0.5) is 0 Å². The summed E-state index contributed by atoms with van der Waals surface area (Å²) in [6.45, 7) is 4.94. The summed E-state index contributed by atoms with van der Waals surface area (Å²) < 4.78 is 6.47. The number of fused-ring (bicyclic) bond motifs is 1. The molecule has 2 aromatic rings. The van der Waals surface area contributed by atoms with Crippen molar-refractivity contribution in [2.75, 3.05) is 32.8 Å². The van der Waals surface area contributed by atoms with E-state index in [1.165, 1.54) is 11.3 Å². The third-order valence-corrected chi connectivity index (χ3v) is 5.97. The first-order valence-corrected chi connectivity index (χ1v) is 10.1. The number of amides is 1. The number of hydrogen-bond acceptors (Lipinski definition) is 8. The summed E-state index contributed by atoms with van der Waals surface area (Å²) in [6.07, 6.45) is -1.09. The first kappa shape index (κ1) is 18.7. The van der Waals surface area contributed by atoms with Gasteiger partial charge >= 0.3 is 0 Å². The molecule has 1 aromatic carbocycles. The van der Waals surface area contributed by atoms with Crippen LogP contribution in [0.1, 0.15) is 17.8 Å². The Morgan fingerprint density at radius 3 is 2.93 bits per heavy atom. The molecule has 2 aliphatic rings. The molecule has 9 heteroatoms. The van der Waals surface area contributed by atoms with Crippen molar-refractivity contribution in [3.63, 3.8) is 0 Å². The number of thiazole rings is 1. The number of aliphatic hydroxyl groups excluding tert-OH is 1. The summed E-state index contributed by atoms with van der Waals surface area (Å²) in [6, 6.07) is 7.89. The van der Waals surface area contributed by atoms with E-state index >= 15 is 0 Å². The largest absolute Gasteiger partial charge is 0.392 e. The quantitative estimate of drug-likeness (QED) is 0.570. The van der Waals surface area contributed by atoms with Gasteiger partial charge in [0.15, 0.2) is 0 Å². The van der Waals surface area contributed by atoms with Crippen molar-refractivity contribution in [2.45, 2.75) is 31.4 Å². The molecule has 2 fully saturated rings. The lowest BCUT2D eigenvalue weighted by molar-refractivity contribution is -0.131. The van der Waals surface area contributed by atoms with Gasteiger partial charge in [-0.25, -0.2) is 4.98 Å². The molecule has 4 N–H and O–H groups in total. The van der Waals surface area contributed by atoms with Gasteiger partial charge in [-0.05, 0) is 19.1 Å². The summed E-state index contributed by atoms with van der Waals surface area (Å²) in [4.78, 5) is 19.9. The third kappa shape index (κ3) is 4.13. The Labute approximate surface area is 161 Å². The lowest BCUT2D eigenvalue weighted by Crippen LogP contribution is -2.70. The lowest BCUT2D eigenvalue weighted by Gasteiger charge is -2.43. The Morgan fingerprint density at radius 1 is 1.41 bits per heavy atom. The summed E-state index contributed by atoms with van der Waals surface area (Å²) in [5, 5.41) is 20.3. The Hall–Kier alpha value is -1.62. The Morgan fingerprint density at radius 2 is 2.19 bits per heavy atom. The number of carbonyl (C=O) groups is 1. The molecule has 4 unspecified atom stereocenters. The number of aliphatic hydroxyl groups is 1. The molecule has 2 saturated heterocycles. The number of hydrogen-bond donors (Lipinski definition) is 4. The number of morpholine rings is 1. The maximum Gasteiger partial charge on any atom is 0.235 e. The summed E-state index contributed by atoms with van der Waals surface area (Å²) in [5.74, 6) is -0.522. The minimum absolute atomic E-state index is 0.0626. The molecule has 0 aliphatic carbocycles. The van der Waals surface area contributed by atoms with Crippen LogP contribution in [-0.4, -0.2) is 72.3 Å². The van der Waals surface area contributed by atoms with Gasteiger partial charge < -0.3 is 15.2 Å². The molecule has 0 radical (unpaired) electrons. The normalized spacial score (nSPS) is 28.2. The molecule has 1 amide bonds. The number of para-hydroxylation sites is 1. The molecular weight excluding hydrogens is 366 g/mol. The van der Waals surface area contributed by atoms with E-state index in [0.29, 0.717) is 19.8 Å². The highest BCUT2D eigenvalue weighted by atomic mass is 32.1. The molecule has 4 atom stereocenters. The molecule has 0 spiro atoms. The van der Waals surface area contributed by atoms with Gasteiger partial charge in [-0.15, -0.1) is 11.3 Å². The SMILES string of the molecule is CC(O)CNC1NC(N2CCOCC2)NC(=O)C1c1nc2ccccc2s1. The van der Waals surface area contributed by atoms with Gasteiger partial charge in [0.05, 0.1) is 35.7 Å². The van der Waals surface area contributed by atoms with Crippen LogP contribution < -0.4 is 16.0 Å². The van der Waals surface area contributed by atoms with Crippen molar-refractivity contribution in [2.24, 2.45) is 0 Å². The number of benzene rings is 1. The molecule has 1 aromatic heterocycles. The highest BCUT2D eigenvalue weighted by Gasteiger charge is 2.41. The fourth-order valence-electron chi connectivity index (χ4n) is 3.47. The maximum atomic E-state index is 13.0. The van der Waals surface area contributed by atoms with Gasteiger partial charge in [-0.1, -0.05) is 12.1 Å². The fourth-order valence-corrected chi connectivity index (χ4v) is 4.57. The second-order valence-electron chi connectivity index (χ2n) is 6.96. The first-order chi connectivity index (χ1) is 13.1. The van der Waals surface area contributed by atoms with Crippen molar-refractivity contribution in [1.82, 2.24) is 25.8 Å². The molecule has 8 nitrogen and oxygen atoms in total. The van der Waals surface area contributed by atoms with E-state index in [0.717, 1.165) is 28.3 Å². The first-order valence-electron chi connectivity index (χ1n) is 9.27. The Bertz CT molecular complexity index is 759. The fraction of sp³-hybridized carbons (Fsp3) is 0.556. The van der Waals surface area contributed by atoms with Crippen LogP contribution in [0.3, 0.4) is 0 Å². The van der Waals surface area contributed by atoms with Gasteiger partial charge in [0.2, 0.25) is 5.91 Å². The Kier molecular flexibility index (Phi) is 5.67. The number of aromatic nitrogens is 1. The zero-order valence-electron chi connectivity index (χ0n) is 15.2. The van der Waals surface area contributed by atoms with E-state index in [2.05, 4.69) is 25.8 Å². The summed E-state index contributed by atoms with van der Waals surface area (Å²) in [7, 11) is 0. The van der Waals surface area contributed by atoms with Gasteiger partial charge in [0.1, 0.15) is 17.2 Å². The average Bonchev–Trinajstić information content (AvgIpc) is 3.10. The molecule has 0 bridgehead atoms. The number of rotatable bonds is 5. The maximum absolute atomic E-state index is 13.0. The predicted octanol–water partition coefficient (Wildman–Crippen LogP) is 0.0116. The van der Waals surface area contributed by atoms with Crippen LogP contribution in [0.2, 0.25) is 0 Å². The summed E-state index contributed by atoms with van der Waals surface area (Å²) >= 11 is 1.53. The smallest absolute Gasteiger partial charge is 0.235 e. The minimum atomic E-state index is -0.505. The van der Waals surface area contributed by atoms with Gasteiger partial charge in [0.25, 0.3) is 0 Å². The predicted molar refractivity (Wildman–Crippen MR) is 103 cm³/mol. The van der Waals surface area contributed by atoms with E-state index < -0.39 is 12.0 Å². The number of ether oxygens (including phenoxy) is 1. The number of nitrogens with one attached hydrogen (secondary N) is 3. The van der Waals surface area contributed by atoms with Crippen molar-refractivity contribution in [3.8, 4) is 0 Å². The number of nitrogens with zero attached hydrogens (tertiary/aromatic N) is 2. The second kappa shape index (κ2) is 8.17. The highest BCUT2D eigenvalue weighted by Crippen LogP contribution is 2.30. The van der Waals surface area contributed by atoms with Crippen molar-refractivity contribution in [1.29, 1.82) is 0 Å². The van der Waals surface area contributed by atoms with E-state index in [1.807, 2.05) is 24.3 Å². The molecule has 4 rings (SSSR count). The van der Waals surface area contributed by atoms with Crippen LogP contribution in [-0.2, 0) is 9.53 Å². The highest BCUT2D eigenvalue weighted by molar-refractivity contribution is 7.18. The zero-order chi connectivity index (χ0) is 18.8. The van der Waals surface area contributed by atoms with Crippen LogP contribution in [0.25, 0.3) is 10.2 Å². The lowest BCUT2D eigenvalue weighted by atomic mass is 10.0. The molecule has 146 valence electrons. The van der Waals surface area contributed by atoms with Gasteiger partial charge in [-0.3, -0.25) is 20.3 Å². The summed E-state index contributed by atoms with van der Waals surface area (Å²) in [5.41, 5.74) is 0.898. The van der Waals surface area contributed by atoms with Gasteiger partial charge in [0, 0.05) is 19.6 Å². The molecule has 2 aliphatic heterocycles. The van der Waals surface area contributed by atoms with Crippen molar-refractivity contribution < 1.29 is 14.6 Å². The van der Waals surface area contributed by atoms with Crippen molar-refractivity contribution >= 4 is 27.5 Å². The zero-order valence-corrected chi connectivity index (χ0v) is 16.0. The van der Waals surface area contributed by atoms with Crippen LogP contribution in [0.15, 0.2) is 24.3 Å². The van der Waals surface area contributed by atoms with Gasteiger partial charge in [-0.2, -0.15) is 0 Å². The average molecular weight is 391 g/mol. The standard InChI is InChI=1S/C18H25N5O3S/c1-11(24)10-19-15-14(17-20-12-4-2-3-5-13(12)27-17)16(25)22-18(21-15)23-6-8-26-9-7-23/h2-5,11,14-15,18-19,21,24H,6-10H2,1H3,(H,22,25). The topological polar surface area (TPSA) is 98.8 Å². The van der Waals surface area contributed by atoms with E-state index in [4.69, 9.17) is 4.74 Å². The molecule has 27 heavy (non-hydrogen) atoms.